The van der Waals surface area contributed by atoms with Crippen molar-refractivity contribution in [3.05, 3.63) is 29.6 Å². The Morgan fingerprint density at radius 3 is 2.81 bits per heavy atom. The van der Waals surface area contributed by atoms with Crippen molar-refractivity contribution in [2.75, 3.05) is 19.8 Å². The van der Waals surface area contributed by atoms with E-state index in [2.05, 4.69) is 5.32 Å². The molecule has 0 amide bonds. The van der Waals surface area contributed by atoms with Crippen LogP contribution in [-0.4, -0.2) is 31.8 Å². The molecule has 0 aliphatic rings. The maximum absolute atomic E-state index is 13.5. The third-order valence-electron chi connectivity index (χ3n) is 2.96. The highest BCUT2D eigenvalue weighted by Gasteiger charge is 2.19. The quantitative estimate of drug-likeness (QED) is 0.712. The Balaban J connectivity index is 2.52. The summed E-state index contributed by atoms with van der Waals surface area (Å²) in [5, 5.41) is 3.12. The lowest BCUT2D eigenvalue weighted by Gasteiger charge is -2.17. The third-order valence-corrected chi connectivity index (χ3v) is 2.96. The number of halogens is 1. The fourth-order valence-electron chi connectivity index (χ4n) is 1.87. The zero-order chi connectivity index (χ0) is 15.7. The summed E-state index contributed by atoms with van der Waals surface area (Å²) in [6, 6.07) is 4.29. The zero-order valence-electron chi connectivity index (χ0n) is 12.9. The molecule has 1 aromatic rings. The van der Waals surface area contributed by atoms with Crippen LogP contribution in [0.4, 0.5) is 4.39 Å². The summed E-state index contributed by atoms with van der Waals surface area (Å²) >= 11 is 0. The monoisotopic (exact) mass is 297 g/mol. The lowest BCUT2D eigenvalue weighted by atomic mass is 10.2. The minimum atomic E-state index is -0.419. The van der Waals surface area contributed by atoms with E-state index in [1.54, 1.807) is 19.1 Å². The van der Waals surface area contributed by atoms with Gasteiger partial charge in [-0.15, -0.1) is 0 Å². The van der Waals surface area contributed by atoms with Crippen molar-refractivity contribution in [2.24, 2.45) is 0 Å². The molecule has 5 heteroatoms. The normalized spacial score (nSPS) is 12.0. The lowest BCUT2D eigenvalue weighted by Crippen LogP contribution is -2.39. The number of aryl methyl sites for hydroxylation is 1. The molecule has 1 unspecified atom stereocenters. The Labute approximate surface area is 125 Å². The highest BCUT2D eigenvalue weighted by molar-refractivity contribution is 5.75. The molecule has 4 nitrogen and oxygen atoms in total. The summed E-state index contributed by atoms with van der Waals surface area (Å²) in [7, 11) is 0. The smallest absolute Gasteiger partial charge is 0.323 e. The first kappa shape index (κ1) is 17.4. The van der Waals surface area contributed by atoms with Crippen LogP contribution in [0.5, 0.6) is 5.75 Å². The van der Waals surface area contributed by atoms with Crippen molar-refractivity contribution >= 4 is 5.97 Å². The number of rotatable bonds is 9. The maximum Gasteiger partial charge on any atom is 0.323 e. The molecule has 0 saturated carbocycles. The lowest BCUT2D eigenvalue weighted by molar-refractivity contribution is -0.146. The molecular formula is C16H24FNO3. The first-order valence-corrected chi connectivity index (χ1v) is 7.37. The second-order valence-corrected chi connectivity index (χ2v) is 4.83. The van der Waals surface area contributed by atoms with Gasteiger partial charge >= 0.3 is 5.97 Å². The van der Waals surface area contributed by atoms with Crippen LogP contribution in [-0.2, 0) is 9.53 Å². The van der Waals surface area contributed by atoms with E-state index in [4.69, 9.17) is 9.47 Å². The molecule has 0 aromatic heterocycles. The molecule has 0 saturated heterocycles. The molecule has 118 valence electrons. The van der Waals surface area contributed by atoms with E-state index in [0.717, 1.165) is 18.5 Å². The van der Waals surface area contributed by atoms with Gasteiger partial charge in [-0.3, -0.25) is 4.79 Å². The van der Waals surface area contributed by atoms with Crippen LogP contribution in [0.2, 0.25) is 0 Å². The van der Waals surface area contributed by atoms with Gasteiger partial charge in [0.15, 0.2) is 11.6 Å². The van der Waals surface area contributed by atoms with E-state index in [0.29, 0.717) is 13.0 Å². The average Bonchev–Trinajstić information content (AvgIpc) is 2.46. The Hall–Kier alpha value is -1.62. The summed E-state index contributed by atoms with van der Waals surface area (Å²) in [6.07, 6.45) is 1.36. The minimum Gasteiger partial charge on any atom is -0.490 e. The zero-order valence-corrected chi connectivity index (χ0v) is 12.9. The van der Waals surface area contributed by atoms with Crippen molar-refractivity contribution in [2.45, 2.75) is 39.7 Å². The van der Waals surface area contributed by atoms with Crippen molar-refractivity contribution in [1.82, 2.24) is 5.32 Å². The summed E-state index contributed by atoms with van der Waals surface area (Å²) < 4.78 is 24.0. The summed E-state index contributed by atoms with van der Waals surface area (Å²) in [6.45, 7) is 6.98. The van der Waals surface area contributed by atoms with Gasteiger partial charge in [-0.2, -0.15) is 0 Å². The van der Waals surface area contributed by atoms with Gasteiger partial charge in [0.2, 0.25) is 0 Å². The van der Waals surface area contributed by atoms with Crippen LogP contribution in [0.25, 0.3) is 0 Å². The van der Waals surface area contributed by atoms with Gasteiger partial charge in [-0.1, -0.05) is 13.0 Å². The second-order valence-electron chi connectivity index (χ2n) is 4.83. The maximum atomic E-state index is 13.5. The predicted octanol–water partition coefficient (Wildman–Crippen LogP) is 2.83. The molecule has 1 N–H and O–H groups in total. The molecule has 0 aliphatic carbocycles. The number of carbonyl (C=O) groups is 1. The number of benzene rings is 1. The molecule has 0 heterocycles. The van der Waals surface area contributed by atoms with Gasteiger partial charge < -0.3 is 14.8 Å². The standard InChI is InChI=1S/C16H24FNO3/c1-4-9-18-14(16(19)20-5-2)8-10-21-15-11-12(3)6-7-13(15)17/h6-7,11,14,18H,4-5,8-10H2,1-3H3. The highest BCUT2D eigenvalue weighted by atomic mass is 19.1. The Morgan fingerprint density at radius 1 is 1.38 bits per heavy atom. The van der Waals surface area contributed by atoms with E-state index in [-0.39, 0.29) is 18.3 Å². The number of ether oxygens (including phenoxy) is 2. The van der Waals surface area contributed by atoms with Gasteiger partial charge in [0.05, 0.1) is 13.2 Å². The van der Waals surface area contributed by atoms with Gasteiger partial charge in [-0.05, 0) is 44.5 Å². The van der Waals surface area contributed by atoms with Crippen molar-refractivity contribution < 1.29 is 18.7 Å². The molecule has 1 aromatic carbocycles. The van der Waals surface area contributed by atoms with Crippen LogP contribution in [0.1, 0.15) is 32.3 Å². The average molecular weight is 297 g/mol. The first-order chi connectivity index (χ1) is 10.1. The summed E-state index contributed by atoms with van der Waals surface area (Å²) in [4.78, 5) is 11.8. The fourth-order valence-corrected chi connectivity index (χ4v) is 1.87. The van der Waals surface area contributed by atoms with E-state index in [1.165, 1.54) is 6.07 Å². The molecule has 0 spiro atoms. The number of esters is 1. The van der Waals surface area contributed by atoms with Crippen LogP contribution in [0.15, 0.2) is 18.2 Å². The van der Waals surface area contributed by atoms with Crippen molar-refractivity contribution in [3.63, 3.8) is 0 Å². The molecule has 0 fully saturated rings. The first-order valence-electron chi connectivity index (χ1n) is 7.37. The minimum absolute atomic E-state index is 0.216. The number of nitrogens with one attached hydrogen (secondary N) is 1. The predicted molar refractivity (Wildman–Crippen MR) is 80.0 cm³/mol. The largest absolute Gasteiger partial charge is 0.490 e. The molecule has 1 rings (SSSR count). The van der Waals surface area contributed by atoms with Crippen LogP contribution >= 0.6 is 0 Å². The Bertz CT molecular complexity index is 451. The van der Waals surface area contributed by atoms with Gasteiger partial charge in [0.1, 0.15) is 6.04 Å². The van der Waals surface area contributed by atoms with Crippen LogP contribution in [0.3, 0.4) is 0 Å². The molecule has 0 radical (unpaired) electrons. The topological polar surface area (TPSA) is 47.6 Å². The van der Waals surface area contributed by atoms with Crippen LogP contribution < -0.4 is 10.1 Å². The number of carbonyl (C=O) groups excluding carboxylic acids is 1. The molecule has 0 aliphatic heterocycles. The van der Waals surface area contributed by atoms with Crippen LogP contribution in [0, 0.1) is 12.7 Å². The SMILES string of the molecule is CCCNC(CCOc1cc(C)ccc1F)C(=O)OCC. The molecule has 21 heavy (non-hydrogen) atoms. The van der Waals surface area contributed by atoms with E-state index >= 15 is 0 Å². The third kappa shape index (κ3) is 6.12. The summed E-state index contributed by atoms with van der Waals surface area (Å²) in [5.74, 6) is -0.470. The summed E-state index contributed by atoms with van der Waals surface area (Å²) in [5.41, 5.74) is 0.928. The molecular weight excluding hydrogens is 273 g/mol. The van der Waals surface area contributed by atoms with E-state index in [1.807, 2.05) is 13.8 Å². The highest BCUT2D eigenvalue weighted by Crippen LogP contribution is 2.18. The van der Waals surface area contributed by atoms with Gasteiger partial charge in [0, 0.05) is 6.42 Å². The van der Waals surface area contributed by atoms with Gasteiger partial charge in [-0.25, -0.2) is 4.39 Å². The van der Waals surface area contributed by atoms with Crippen molar-refractivity contribution in [3.8, 4) is 5.75 Å². The Kier molecular flexibility index (Phi) is 7.75. The van der Waals surface area contributed by atoms with E-state index in [9.17, 15) is 9.18 Å². The molecule has 1 atom stereocenters. The fraction of sp³-hybridized carbons (Fsp3) is 0.562. The molecule has 0 bridgehead atoms. The van der Waals surface area contributed by atoms with E-state index < -0.39 is 11.9 Å². The number of hydrogen-bond donors (Lipinski definition) is 1. The van der Waals surface area contributed by atoms with Crippen molar-refractivity contribution in [1.29, 1.82) is 0 Å². The van der Waals surface area contributed by atoms with Gasteiger partial charge in [0.25, 0.3) is 0 Å². The number of hydrogen-bond acceptors (Lipinski definition) is 4. The second kappa shape index (κ2) is 9.34. The Morgan fingerprint density at radius 2 is 2.14 bits per heavy atom.